The Morgan fingerprint density at radius 1 is 1.00 bits per heavy atom. The van der Waals surface area contributed by atoms with Gasteiger partial charge < -0.3 is 15.0 Å². The van der Waals surface area contributed by atoms with Gasteiger partial charge in [-0.15, -0.1) is 0 Å². The van der Waals surface area contributed by atoms with E-state index in [2.05, 4.69) is 11.4 Å². The molecule has 3 aliphatic rings. The number of ether oxygens (including phenoxy) is 1. The normalized spacial score (nSPS) is 25.1. The van der Waals surface area contributed by atoms with Gasteiger partial charge in [0.1, 0.15) is 11.9 Å². The van der Waals surface area contributed by atoms with Crippen molar-refractivity contribution in [2.75, 3.05) is 13.2 Å². The molecule has 6 heteroatoms. The molecule has 3 fully saturated rings. The Hall–Kier alpha value is -2.73. The summed E-state index contributed by atoms with van der Waals surface area (Å²) in [4.78, 5) is 28.0. The molecule has 0 bridgehead atoms. The van der Waals surface area contributed by atoms with Gasteiger partial charge in [-0.05, 0) is 67.3 Å². The number of carbonyl (C=O) groups is 2. The summed E-state index contributed by atoms with van der Waals surface area (Å²) in [6.07, 6.45) is 5.73. The second kappa shape index (κ2) is 9.64. The molecule has 2 saturated heterocycles. The van der Waals surface area contributed by atoms with Crippen molar-refractivity contribution in [1.29, 1.82) is 0 Å². The van der Waals surface area contributed by atoms with Gasteiger partial charge in [0.25, 0.3) is 0 Å². The van der Waals surface area contributed by atoms with Crippen LogP contribution in [0.2, 0.25) is 0 Å². The third-order valence-electron chi connectivity index (χ3n) is 7.36. The number of benzene rings is 2. The van der Waals surface area contributed by atoms with Crippen LogP contribution in [0.5, 0.6) is 0 Å². The number of hydrogen-bond acceptors (Lipinski definition) is 3. The van der Waals surface area contributed by atoms with Gasteiger partial charge in [0, 0.05) is 19.1 Å². The van der Waals surface area contributed by atoms with E-state index in [1.54, 1.807) is 6.07 Å². The standard InChI is InChI=1S/C27H31FN2O3/c28-22-10-3-9-21(17-22)20-8-1-5-18(15-20)16-24-23(29-26(31)25-11-4-14-33-25)12-13-30(24)27(32)19-6-2-7-19/h1,3,5,8-10,15,17,19,23-25H,2,4,6-7,11-14,16H2,(H,29,31). The molecular formula is C27H31FN2O3. The summed E-state index contributed by atoms with van der Waals surface area (Å²) in [5, 5.41) is 3.20. The summed E-state index contributed by atoms with van der Waals surface area (Å²) >= 11 is 0. The average molecular weight is 451 g/mol. The third kappa shape index (κ3) is 4.81. The lowest BCUT2D eigenvalue weighted by molar-refractivity contribution is -0.140. The predicted octanol–water partition coefficient (Wildman–Crippen LogP) is 4.10. The van der Waals surface area contributed by atoms with E-state index in [9.17, 15) is 14.0 Å². The molecule has 2 aliphatic heterocycles. The Morgan fingerprint density at radius 2 is 1.79 bits per heavy atom. The van der Waals surface area contributed by atoms with E-state index < -0.39 is 0 Å². The molecule has 1 N–H and O–H groups in total. The van der Waals surface area contributed by atoms with Gasteiger partial charge in [-0.25, -0.2) is 4.39 Å². The van der Waals surface area contributed by atoms with Gasteiger partial charge >= 0.3 is 0 Å². The summed E-state index contributed by atoms with van der Waals surface area (Å²) < 4.78 is 19.3. The molecule has 1 saturated carbocycles. The number of amides is 2. The zero-order chi connectivity index (χ0) is 22.8. The van der Waals surface area contributed by atoms with Crippen LogP contribution in [0.3, 0.4) is 0 Å². The third-order valence-corrected chi connectivity index (χ3v) is 7.36. The van der Waals surface area contributed by atoms with Crippen LogP contribution in [0.4, 0.5) is 4.39 Å². The molecule has 5 nitrogen and oxygen atoms in total. The van der Waals surface area contributed by atoms with Crippen LogP contribution in [0.25, 0.3) is 11.1 Å². The first-order valence-electron chi connectivity index (χ1n) is 12.2. The minimum atomic E-state index is -0.377. The van der Waals surface area contributed by atoms with Gasteiger partial charge in [0.15, 0.2) is 0 Å². The first kappa shape index (κ1) is 22.1. The Kier molecular flexibility index (Phi) is 6.45. The van der Waals surface area contributed by atoms with Gasteiger partial charge in [0.05, 0.1) is 12.1 Å². The number of rotatable bonds is 6. The van der Waals surface area contributed by atoms with E-state index in [1.807, 2.05) is 29.2 Å². The monoisotopic (exact) mass is 450 g/mol. The number of carbonyl (C=O) groups excluding carboxylic acids is 2. The first-order chi connectivity index (χ1) is 16.1. The Labute approximate surface area is 194 Å². The molecule has 1 aliphatic carbocycles. The largest absolute Gasteiger partial charge is 0.368 e. The van der Waals surface area contributed by atoms with E-state index in [-0.39, 0.29) is 41.7 Å². The molecule has 2 heterocycles. The highest BCUT2D eigenvalue weighted by atomic mass is 19.1. The zero-order valence-electron chi connectivity index (χ0n) is 18.8. The van der Waals surface area contributed by atoms with E-state index >= 15 is 0 Å². The summed E-state index contributed by atoms with van der Waals surface area (Å²) in [6, 6.07) is 14.5. The maximum absolute atomic E-state index is 13.7. The van der Waals surface area contributed by atoms with Crippen LogP contribution < -0.4 is 5.32 Å². The summed E-state index contributed by atoms with van der Waals surface area (Å²) in [6.45, 7) is 1.30. The molecule has 2 aromatic rings. The zero-order valence-corrected chi connectivity index (χ0v) is 18.8. The molecule has 2 amide bonds. The van der Waals surface area contributed by atoms with Crippen molar-refractivity contribution >= 4 is 11.8 Å². The molecule has 3 unspecified atom stereocenters. The van der Waals surface area contributed by atoms with Crippen LogP contribution in [0.15, 0.2) is 48.5 Å². The molecule has 5 rings (SSSR count). The number of hydrogen-bond donors (Lipinski definition) is 1. The average Bonchev–Trinajstić information content (AvgIpc) is 3.44. The highest BCUT2D eigenvalue weighted by molar-refractivity contribution is 5.83. The van der Waals surface area contributed by atoms with Crippen molar-refractivity contribution in [3.63, 3.8) is 0 Å². The number of halogens is 1. The maximum atomic E-state index is 13.7. The first-order valence-corrected chi connectivity index (χ1v) is 12.2. The van der Waals surface area contributed by atoms with E-state index in [1.165, 1.54) is 12.1 Å². The fourth-order valence-corrected chi connectivity index (χ4v) is 5.29. The molecular weight excluding hydrogens is 419 g/mol. The van der Waals surface area contributed by atoms with Crippen LogP contribution in [0, 0.1) is 11.7 Å². The van der Waals surface area contributed by atoms with Gasteiger partial charge in [-0.2, -0.15) is 0 Å². The number of nitrogens with zero attached hydrogens (tertiary/aromatic N) is 1. The van der Waals surface area contributed by atoms with Crippen LogP contribution in [-0.4, -0.2) is 48.1 Å². The second-order valence-electron chi connectivity index (χ2n) is 9.55. The lowest BCUT2D eigenvalue weighted by Gasteiger charge is -2.34. The molecule has 2 aromatic carbocycles. The van der Waals surface area contributed by atoms with Crippen LogP contribution in [0.1, 0.15) is 44.1 Å². The lowest BCUT2D eigenvalue weighted by atomic mass is 9.84. The smallest absolute Gasteiger partial charge is 0.249 e. The second-order valence-corrected chi connectivity index (χ2v) is 9.55. The SMILES string of the molecule is O=C(NC1CCN(C(=O)C2CCC2)C1Cc1cccc(-c2cccc(F)c2)c1)C1CCCO1. The summed E-state index contributed by atoms with van der Waals surface area (Å²) in [5.41, 5.74) is 2.85. The Morgan fingerprint density at radius 3 is 2.48 bits per heavy atom. The molecule has 3 atom stereocenters. The maximum Gasteiger partial charge on any atom is 0.249 e. The number of nitrogens with one attached hydrogen (secondary N) is 1. The highest BCUT2D eigenvalue weighted by Gasteiger charge is 2.42. The topological polar surface area (TPSA) is 58.6 Å². The quantitative estimate of drug-likeness (QED) is 0.721. The molecule has 33 heavy (non-hydrogen) atoms. The van der Waals surface area contributed by atoms with Crippen molar-refractivity contribution in [1.82, 2.24) is 10.2 Å². The molecule has 0 spiro atoms. The minimum Gasteiger partial charge on any atom is -0.368 e. The summed E-state index contributed by atoms with van der Waals surface area (Å²) in [7, 11) is 0. The van der Waals surface area contributed by atoms with Crippen molar-refractivity contribution < 1.29 is 18.7 Å². The van der Waals surface area contributed by atoms with Gasteiger partial charge in [-0.3, -0.25) is 9.59 Å². The lowest BCUT2D eigenvalue weighted by Crippen LogP contribution is -2.51. The fourth-order valence-electron chi connectivity index (χ4n) is 5.29. The molecule has 0 radical (unpaired) electrons. The van der Waals surface area contributed by atoms with E-state index in [0.717, 1.165) is 55.2 Å². The van der Waals surface area contributed by atoms with Crippen molar-refractivity contribution in [2.45, 2.75) is 63.1 Å². The Balaban J connectivity index is 1.36. The van der Waals surface area contributed by atoms with E-state index in [0.29, 0.717) is 19.6 Å². The minimum absolute atomic E-state index is 0.0612. The van der Waals surface area contributed by atoms with Crippen LogP contribution in [-0.2, 0) is 20.7 Å². The highest BCUT2D eigenvalue weighted by Crippen LogP contribution is 2.33. The fraction of sp³-hybridized carbons (Fsp3) is 0.481. The molecule has 174 valence electrons. The predicted molar refractivity (Wildman–Crippen MR) is 124 cm³/mol. The van der Waals surface area contributed by atoms with Crippen molar-refractivity contribution in [3.05, 3.63) is 59.9 Å². The van der Waals surface area contributed by atoms with Gasteiger partial charge in [-0.1, -0.05) is 42.8 Å². The number of likely N-dealkylation sites (tertiary alicyclic amines) is 1. The van der Waals surface area contributed by atoms with Crippen molar-refractivity contribution in [3.8, 4) is 11.1 Å². The van der Waals surface area contributed by atoms with Gasteiger partial charge in [0.2, 0.25) is 11.8 Å². The van der Waals surface area contributed by atoms with Crippen LogP contribution >= 0.6 is 0 Å². The Bertz CT molecular complexity index is 1020. The van der Waals surface area contributed by atoms with Crippen molar-refractivity contribution in [2.24, 2.45) is 5.92 Å². The van der Waals surface area contributed by atoms with E-state index in [4.69, 9.17) is 4.74 Å². The molecule has 0 aromatic heterocycles. The summed E-state index contributed by atoms with van der Waals surface area (Å²) in [5.74, 6) is 0.0250.